The molecule has 5 heteroatoms. The minimum atomic E-state index is -1.14. The van der Waals surface area contributed by atoms with Gasteiger partial charge in [-0.05, 0) is 24.5 Å². The van der Waals surface area contributed by atoms with E-state index in [2.05, 4.69) is 10.3 Å². The molecule has 0 spiro atoms. The highest BCUT2D eigenvalue weighted by Gasteiger charge is 2.56. The Morgan fingerprint density at radius 1 is 1.53 bits per heavy atom. The number of carbonyl (C=O) groups is 2. The van der Waals surface area contributed by atoms with Crippen LogP contribution in [-0.2, 0) is 16.1 Å². The molecule has 0 saturated heterocycles. The molecule has 0 radical (unpaired) electrons. The van der Waals surface area contributed by atoms with Gasteiger partial charge >= 0.3 is 5.97 Å². The fraction of sp³-hybridized carbons (Fsp3) is 0.400. The lowest BCUT2D eigenvalue weighted by molar-refractivity contribution is -0.149. The van der Waals surface area contributed by atoms with Gasteiger partial charge in [-0.2, -0.15) is 0 Å². The van der Waals surface area contributed by atoms with Gasteiger partial charge in [0.05, 0.1) is 0 Å². The molecular weight excluding hydrogens is 196 g/mol. The first-order valence-corrected chi connectivity index (χ1v) is 4.78. The first-order chi connectivity index (χ1) is 7.15. The first kappa shape index (κ1) is 9.76. The zero-order valence-corrected chi connectivity index (χ0v) is 8.12. The Labute approximate surface area is 86.5 Å². The largest absolute Gasteiger partial charge is 0.480 e. The standard InChI is InChI=1S/C10H12N2O3/c13-8(10(2-3-10)9(14)15)12-6-7-1-4-11-5-7/h1,4-5,11H,2-3,6H2,(H,12,13)(H,14,15). The van der Waals surface area contributed by atoms with E-state index in [0.29, 0.717) is 19.4 Å². The molecule has 1 aliphatic carbocycles. The van der Waals surface area contributed by atoms with Gasteiger partial charge in [-0.1, -0.05) is 0 Å². The fourth-order valence-electron chi connectivity index (χ4n) is 1.48. The molecule has 15 heavy (non-hydrogen) atoms. The third-order valence-electron chi connectivity index (χ3n) is 2.71. The topological polar surface area (TPSA) is 82.2 Å². The highest BCUT2D eigenvalue weighted by atomic mass is 16.4. The quantitative estimate of drug-likeness (QED) is 0.630. The Balaban J connectivity index is 1.91. The minimum absolute atomic E-state index is 0.372. The Morgan fingerprint density at radius 3 is 2.73 bits per heavy atom. The maximum absolute atomic E-state index is 11.6. The van der Waals surface area contributed by atoms with Crippen LogP contribution < -0.4 is 5.32 Å². The van der Waals surface area contributed by atoms with Gasteiger partial charge in [0.2, 0.25) is 5.91 Å². The summed E-state index contributed by atoms with van der Waals surface area (Å²) in [6.07, 6.45) is 4.41. The molecule has 1 fully saturated rings. The second-order valence-electron chi connectivity index (χ2n) is 3.79. The summed E-state index contributed by atoms with van der Waals surface area (Å²) in [4.78, 5) is 25.2. The van der Waals surface area contributed by atoms with Crippen molar-refractivity contribution in [2.75, 3.05) is 0 Å². The van der Waals surface area contributed by atoms with Crippen LogP contribution in [0, 0.1) is 5.41 Å². The Morgan fingerprint density at radius 2 is 2.27 bits per heavy atom. The number of hydrogen-bond acceptors (Lipinski definition) is 2. The summed E-state index contributed by atoms with van der Waals surface area (Å²) in [5, 5.41) is 11.5. The van der Waals surface area contributed by atoms with Gasteiger partial charge in [-0.25, -0.2) is 0 Å². The van der Waals surface area contributed by atoms with E-state index in [4.69, 9.17) is 5.11 Å². The summed E-state index contributed by atoms with van der Waals surface area (Å²) in [6.45, 7) is 0.372. The number of H-pyrrole nitrogens is 1. The van der Waals surface area contributed by atoms with Crippen molar-refractivity contribution in [2.45, 2.75) is 19.4 Å². The SMILES string of the molecule is O=C(O)C1(C(=O)NCc2cc[nH]c2)CC1. The summed E-state index contributed by atoms with van der Waals surface area (Å²) in [5.41, 5.74) is -0.208. The van der Waals surface area contributed by atoms with E-state index in [0.717, 1.165) is 5.56 Å². The molecule has 1 amide bonds. The Kier molecular flexibility index (Phi) is 2.22. The van der Waals surface area contributed by atoms with Gasteiger partial charge in [0, 0.05) is 18.9 Å². The number of nitrogens with one attached hydrogen (secondary N) is 2. The second-order valence-corrected chi connectivity index (χ2v) is 3.79. The molecule has 0 atom stereocenters. The van der Waals surface area contributed by atoms with E-state index in [-0.39, 0.29) is 5.91 Å². The number of aliphatic carboxylic acids is 1. The molecule has 80 valence electrons. The van der Waals surface area contributed by atoms with Gasteiger partial charge < -0.3 is 15.4 Å². The predicted molar refractivity (Wildman–Crippen MR) is 51.9 cm³/mol. The van der Waals surface area contributed by atoms with E-state index in [1.54, 1.807) is 12.4 Å². The Hall–Kier alpha value is -1.78. The van der Waals surface area contributed by atoms with Gasteiger partial charge in [0.15, 0.2) is 0 Å². The van der Waals surface area contributed by atoms with Gasteiger partial charge in [-0.3, -0.25) is 9.59 Å². The summed E-state index contributed by atoms with van der Waals surface area (Å²) in [5.74, 6) is -1.40. The normalized spacial score (nSPS) is 17.1. The van der Waals surface area contributed by atoms with Crippen molar-refractivity contribution in [3.63, 3.8) is 0 Å². The molecule has 1 aromatic rings. The molecule has 2 rings (SSSR count). The number of amides is 1. The minimum Gasteiger partial charge on any atom is -0.480 e. The molecule has 1 heterocycles. The molecule has 0 bridgehead atoms. The molecule has 1 aliphatic rings. The fourth-order valence-corrected chi connectivity index (χ4v) is 1.48. The molecule has 0 aromatic carbocycles. The maximum Gasteiger partial charge on any atom is 0.319 e. The predicted octanol–water partition coefficient (Wildman–Crippen LogP) is 0.496. The van der Waals surface area contributed by atoms with Crippen LogP contribution in [0.25, 0.3) is 0 Å². The number of carbonyl (C=O) groups excluding carboxylic acids is 1. The van der Waals surface area contributed by atoms with E-state index < -0.39 is 11.4 Å². The number of carboxylic acid groups (broad SMARTS) is 1. The molecule has 5 nitrogen and oxygen atoms in total. The molecule has 0 unspecified atom stereocenters. The lowest BCUT2D eigenvalue weighted by Crippen LogP contribution is -2.36. The van der Waals surface area contributed by atoms with Crippen molar-refractivity contribution in [2.24, 2.45) is 5.41 Å². The maximum atomic E-state index is 11.6. The average Bonchev–Trinajstić information content (AvgIpc) is 2.87. The van der Waals surface area contributed by atoms with Crippen LogP contribution in [0.2, 0.25) is 0 Å². The average molecular weight is 208 g/mol. The summed E-state index contributed by atoms with van der Waals surface area (Å²) in [6, 6.07) is 1.83. The monoisotopic (exact) mass is 208 g/mol. The smallest absolute Gasteiger partial charge is 0.319 e. The van der Waals surface area contributed by atoms with E-state index >= 15 is 0 Å². The van der Waals surface area contributed by atoms with Crippen molar-refractivity contribution in [1.82, 2.24) is 10.3 Å². The van der Waals surface area contributed by atoms with Gasteiger partial charge in [0.1, 0.15) is 5.41 Å². The van der Waals surface area contributed by atoms with Crippen LogP contribution in [-0.4, -0.2) is 22.0 Å². The lowest BCUT2D eigenvalue weighted by Gasteiger charge is -2.09. The van der Waals surface area contributed by atoms with Crippen LogP contribution in [0.15, 0.2) is 18.5 Å². The number of aromatic amines is 1. The van der Waals surface area contributed by atoms with Crippen LogP contribution in [0.1, 0.15) is 18.4 Å². The Bertz CT molecular complexity index is 379. The zero-order valence-electron chi connectivity index (χ0n) is 8.12. The van der Waals surface area contributed by atoms with Gasteiger partial charge in [0.25, 0.3) is 0 Å². The summed E-state index contributed by atoms with van der Waals surface area (Å²) >= 11 is 0. The highest BCUT2D eigenvalue weighted by molar-refractivity contribution is 6.04. The molecule has 3 N–H and O–H groups in total. The highest BCUT2D eigenvalue weighted by Crippen LogP contribution is 2.46. The number of aromatic nitrogens is 1. The molecule has 1 aromatic heterocycles. The molecular formula is C10H12N2O3. The lowest BCUT2D eigenvalue weighted by atomic mass is 10.1. The number of hydrogen-bond donors (Lipinski definition) is 3. The van der Waals surface area contributed by atoms with Crippen LogP contribution in [0.5, 0.6) is 0 Å². The van der Waals surface area contributed by atoms with Crippen LogP contribution in [0.3, 0.4) is 0 Å². The summed E-state index contributed by atoms with van der Waals surface area (Å²) in [7, 11) is 0. The van der Waals surface area contributed by atoms with Crippen LogP contribution in [0.4, 0.5) is 0 Å². The number of rotatable bonds is 4. The van der Waals surface area contributed by atoms with E-state index in [1.165, 1.54) is 0 Å². The summed E-state index contributed by atoms with van der Waals surface area (Å²) < 4.78 is 0. The van der Waals surface area contributed by atoms with Crippen molar-refractivity contribution in [3.05, 3.63) is 24.0 Å². The van der Waals surface area contributed by atoms with E-state index in [1.807, 2.05) is 6.07 Å². The van der Waals surface area contributed by atoms with Crippen molar-refractivity contribution >= 4 is 11.9 Å². The molecule has 1 saturated carbocycles. The number of carboxylic acids is 1. The van der Waals surface area contributed by atoms with Gasteiger partial charge in [-0.15, -0.1) is 0 Å². The third kappa shape index (κ3) is 1.72. The van der Waals surface area contributed by atoms with Crippen molar-refractivity contribution in [3.8, 4) is 0 Å². The van der Waals surface area contributed by atoms with Crippen molar-refractivity contribution < 1.29 is 14.7 Å². The van der Waals surface area contributed by atoms with E-state index in [9.17, 15) is 9.59 Å². The molecule has 0 aliphatic heterocycles. The third-order valence-corrected chi connectivity index (χ3v) is 2.71. The van der Waals surface area contributed by atoms with Crippen molar-refractivity contribution in [1.29, 1.82) is 0 Å². The van der Waals surface area contributed by atoms with Crippen LogP contribution >= 0.6 is 0 Å². The first-order valence-electron chi connectivity index (χ1n) is 4.78. The zero-order chi connectivity index (χ0) is 10.9. The second kappa shape index (κ2) is 3.42.